The lowest BCUT2D eigenvalue weighted by atomic mass is 10.1. The maximum absolute atomic E-state index is 12.9. The van der Waals surface area contributed by atoms with Crippen LogP contribution in [0.2, 0.25) is 0 Å². The summed E-state index contributed by atoms with van der Waals surface area (Å²) in [5.41, 5.74) is -0.870. The number of likely N-dealkylation sites (tertiary alicyclic amines) is 1. The first kappa shape index (κ1) is 17.8. The molecular weight excluding hydrogens is 361 g/mol. The highest BCUT2D eigenvalue weighted by molar-refractivity contribution is 5.81. The Morgan fingerprint density at radius 2 is 1.96 bits per heavy atom. The molecule has 2 aliphatic rings. The second kappa shape index (κ2) is 6.54. The van der Waals surface area contributed by atoms with Crippen molar-refractivity contribution in [1.82, 2.24) is 19.2 Å². The highest BCUT2D eigenvalue weighted by Crippen LogP contribution is 2.30. The molecule has 9 heteroatoms. The van der Waals surface area contributed by atoms with Crippen LogP contribution >= 0.6 is 0 Å². The third-order valence-electron chi connectivity index (χ3n) is 5.18. The molecule has 0 aliphatic carbocycles. The lowest BCUT2D eigenvalue weighted by Gasteiger charge is -2.20. The van der Waals surface area contributed by atoms with Gasteiger partial charge in [-0.3, -0.25) is 9.36 Å². The molecule has 0 saturated carbocycles. The van der Waals surface area contributed by atoms with Crippen molar-refractivity contribution >= 4 is 5.91 Å². The number of carbonyl (C=O) groups is 1. The Morgan fingerprint density at radius 3 is 2.67 bits per heavy atom. The van der Waals surface area contributed by atoms with Gasteiger partial charge >= 0.3 is 11.9 Å². The van der Waals surface area contributed by atoms with Crippen molar-refractivity contribution in [1.29, 1.82) is 0 Å². The Hall–Kier alpha value is -2.58. The molecule has 1 amide bonds. The second-order valence-corrected chi connectivity index (χ2v) is 7.01. The first-order chi connectivity index (χ1) is 12.8. The van der Waals surface area contributed by atoms with Gasteiger partial charge in [0, 0.05) is 19.5 Å². The highest BCUT2D eigenvalue weighted by Gasteiger charge is 2.36. The predicted octanol–water partition coefficient (Wildman–Crippen LogP) is 2.22. The van der Waals surface area contributed by atoms with Gasteiger partial charge in [0.25, 0.3) is 0 Å². The Bertz CT molecular complexity index is 925. The van der Waals surface area contributed by atoms with E-state index in [2.05, 4.69) is 5.10 Å². The van der Waals surface area contributed by atoms with Crippen molar-refractivity contribution in [3.8, 4) is 0 Å². The Kier molecular flexibility index (Phi) is 4.32. The van der Waals surface area contributed by atoms with Crippen LogP contribution in [0.3, 0.4) is 0 Å². The molecular formula is C18H19F3N4O2. The lowest BCUT2D eigenvalue weighted by molar-refractivity contribution is -0.137. The number of alkyl halides is 3. The standard InChI is InChI=1S/C18H19F3N4O2/c19-18(20,21)13-5-3-4-12(10-13)11-24-17(27)25-14(6-7-15(25)22-24)16(26)23-8-1-2-9-23/h3-5,10,14H,1-2,6-9,11H2/t14-/m0/s1. The molecule has 0 spiro atoms. The molecule has 2 aromatic rings. The number of carbonyl (C=O) groups excluding carboxylic acids is 1. The van der Waals surface area contributed by atoms with Crippen molar-refractivity contribution in [3.63, 3.8) is 0 Å². The minimum Gasteiger partial charge on any atom is -0.341 e. The summed E-state index contributed by atoms with van der Waals surface area (Å²) in [5, 5.41) is 4.25. The van der Waals surface area contributed by atoms with Crippen molar-refractivity contribution < 1.29 is 18.0 Å². The van der Waals surface area contributed by atoms with Gasteiger partial charge in [-0.05, 0) is 37.0 Å². The quantitative estimate of drug-likeness (QED) is 0.821. The first-order valence-corrected chi connectivity index (χ1v) is 8.98. The summed E-state index contributed by atoms with van der Waals surface area (Å²) in [4.78, 5) is 27.2. The summed E-state index contributed by atoms with van der Waals surface area (Å²) < 4.78 is 41.2. The van der Waals surface area contributed by atoms with Gasteiger partial charge in [0.05, 0.1) is 12.1 Å². The fourth-order valence-corrected chi connectivity index (χ4v) is 3.85. The molecule has 0 bridgehead atoms. The number of rotatable bonds is 3. The van der Waals surface area contributed by atoms with Crippen molar-refractivity contribution in [2.45, 2.75) is 44.4 Å². The SMILES string of the molecule is O=C([C@@H]1CCc2nn(Cc3cccc(C(F)(F)F)c3)c(=O)n21)N1CCCC1. The third-order valence-corrected chi connectivity index (χ3v) is 5.18. The van der Waals surface area contributed by atoms with E-state index >= 15 is 0 Å². The number of aromatic nitrogens is 3. The molecule has 0 radical (unpaired) electrons. The van der Waals surface area contributed by atoms with Crippen LogP contribution in [0.25, 0.3) is 0 Å². The van der Waals surface area contributed by atoms with Crippen LogP contribution in [0, 0.1) is 0 Å². The van der Waals surface area contributed by atoms with Crippen molar-refractivity contribution in [3.05, 3.63) is 51.7 Å². The lowest BCUT2D eigenvalue weighted by Crippen LogP contribution is -2.38. The number of benzene rings is 1. The van der Waals surface area contributed by atoms with Gasteiger partial charge in [0.15, 0.2) is 0 Å². The van der Waals surface area contributed by atoms with E-state index in [1.54, 1.807) is 4.90 Å². The van der Waals surface area contributed by atoms with Crippen LogP contribution in [-0.4, -0.2) is 38.2 Å². The molecule has 6 nitrogen and oxygen atoms in total. The molecule has 3 heterocycles. The molecule has 4 rings (SSSR count). The van der Waals surface area contributed by atoms with Crippen molar-refractivity contribution in [2.75, 3.05) is 13.1 Å². The van der Waals surface area contributed by atoms with Gasteiger partial charge in [0.1, 0.15) is 11.9 Å². The van der Waals surface area contributed by atoms with Crippen LogP contribution < -0.4 is 5.69 Å². The van der Waals surface area contributed by atoms with E-state index in [-0.39, 0.29) is 12.5 Å². The zero-order valence-corrected chi connectivity index (χ0v) is 14.6. The number of halogens is 3. The maximum atomic E-state index is 12.9. The van der Waals surface area contributed by atoms with Gasteiger partial charge in [-0.25, -0.2) is 9.48 Å². The average Bonchev–Trinajstić information content (AvgIpc) is 3.34. The van der Waals surface area contributed by atoms with E-state index < -0.39 is 23.5 Å². The molecule has 1 aromatic carbocycles. The topological polar surface area (TPSA) is 60.1 Å². The number of hydrogen-bond acceptors (Lipinski definition) is 3. The van der Waals surface area contributed by atoms with Crippen LogP contribution in [0.15, 0.2) is 29.1 Å². The van der Waals surface area contributed by atoms with E-state index in [0.29, 0.717) is 37.3 Å². The van der Waals surface area contributed by atoms with Crippen molar-refractivity contribution in [2.24, 2.45) is 0 Å². The molecule has 1 fully saturated rings. The van der Waals surface area contributed by atoms with Crippen LogP contribution in [0.4, 0.5) is 13.2 Å². The molecule has 0 unspecified atom stereocenters. The van der Waals surface area contributed by atoms with Gasteiger partial charge in [-0.1, -0.05) is 12.1 Å². The monoisotopic (exact) mass is 380 g/mol. The fourth-order valence-electron chi connectivity index (χ4n) is 3.85. The van der Waals surface area contributed by atoms with Gasteiger partial charge in [-0.2, -0.15) is 18.3 Å². The number of fused-ring (bicyclic) bond motifs is 1. The minimum atomic E-state index is -4.44. The molecule has 1 saturated heterocycles. The number of amides is 1. The molecule has 27 heavy (non-hydrogen) atoms. The Morgan fingerprint density at radius 1 is 1.22 bits per heavy atom. The number of nitrogens with zero attached hydrogens (tertiary/aromatic N) is 4. The predicted molar refractivity (Wildman–Crippen MR) is 90.2 cm³/mol. The summed E-state index contributed by atoms with van der Waals surface area (Å²) in [6, 6.07) is 4.29. The minimum absolute atomic E-state index is 0.0621. The molecule has 2 aliphatic heterocycles. The molecule has 144 valence electrons. The van der Waals surface area contributed by atoms with Gasteiger partial charge < -0.3 is 4.90 Å². The van der Waals surface area contributed by atoms with E-state index in [0.717, 1.165) is 29.7 Å². The van der Waals surface area contributed by atoms with Gasteiger partial charge in [0.2, 0.25) is 5.91 Å². The smallest absolute Gasteiger partial charge is 0.341 e. The molecule has 0 N–H and O–H groups in total. The van der Waals surface area contributed by atoms with Crippen LogP contribution in [-0.2, 0) is 23.9 Å². The molecule has 1 atom stereocenters. The summed E-state index contributed by atoms with van der Waals surface area (Å²) in [6.45, 7) is 1.35. The van der Waals surface area contributed by atoms with Crippen LogP contribution in [0.5, 0.6) is 0 Å². The van der Waals surface area contributed by atoms with Crippen LogP contribution in [0.1, 0.15) is 42.3 Å². The highest BCUT2D eigenvalue weighted by atomic mass is 19.4. The maximum Gasteiger partial charge on any atom is 0.416 e. The van der Waals surface area contributed by atoms with E-state index in [9.17, 15) is 22.8 Å². The summed E-state index contributed by atoms with van der Waals surface area (Å²) in [6.07, 6.45) is -1.46. The fraction of sp³-hybridized carbons (Fsp3) is 0.500. The van der Waals surface area contributed by atoms with E-state index in [1.165, 1.54) is 16.7 Å². The zero-order chi connectivity index (χ0) is 19.2. The molecule has 1 aromatic heterocycles. The van der Waals surface area contributed by atoms with Gasteiger partial charge in [-0.15, -0.1) is 0 Å². The second-order valence-electron chi connectivity index (χ2n) is 7.01. The summed E-state index contributed by atoms with van der Waals surface area (Å²) in [7, 11) is 0. The number of hydrogen-bond donors (Lipinski definition) is 0. The first-order valence-electron chi connectivity index (χ1n) is 8.98. The Balaban J connectivity index is 1.60. The summed E-state index contributed by atoms with van der Waals surface area (Å²) >= 11 is 0. The normalized spacial score (nSPS) is 19.5. The number of aryl methyl sites for hydroxylation is 1. The third kappa shape index (κ3) is 3.26. The zero-order valence-electron chi connectivity index (χ0n) is 14.6. The summed E-state index contributed by atoms with van der Waals surface area (Å²) in [5.74, 6) is 0.455. The van der Waals surface area contributed by atoms with E-state index in [1.807, 2.05) is 0 Å². The average molecular weight is 380 g/mol. The Labute approximate surface area is 153 Å². The van der Waals surface area contributed by atoms with E-state index in [4.69, 9.17) is 0 Å². The largest absolute Gasteiger partial charge is 0.416 e.